The maximum atomic E-state index is 12.8. The van der Waals surface area contributed by atoms with Crippen LogP contribution in [0, 0.1) is 5.92 Å². The highest BCUT2D eigenvalue weighted by atomic mass is 127. The van der Waals surface area contributed by atoms with Crippen LogP contribution >= 0.6 is 24.0 Å². The van der Waals surface area contributed by atoms with E-state index in [-0.39, 0.29) is 35.9 Å². The third kappa shape index (κ3) is 5.42. The number of aromatic nitrogens is 1. The van der Waals surface area contributed by atoms with E-state index in [1.807, 2.05) is 12.3 Å². The van der Waals surface area contributed by atoms with Crippen LogP contribution in [0.4, 0.5) is 0 Å². The monoisotopic (exact) mass is 521 g/mol. The topological polar surface area (TPSA) is 69.6 Å². The van der Waals surface area contributed by atoms with E-state index in [1.54, 1.807) is 7.05 Å². The SMILES string of the molecule is CN=C(NCc1cccc2cccnc12)NC1CCN(C(=O)C2CCCCC2)C1.I. The number of nitrogens with zero attached hydrogens (tertiary/aromatic N) is 3. The smallest absolute Gasteiger partial charge is 0.225 e. The van der Waals surface area contributed by atoms with Gasteiger partial charge in [-0.3, -0.25) is 14.8 Å². The Labute approximate surface area is 195 Å². The molecule has 0 radical (unpaired) electrons. The van der Waals surface area contributed by atoms with Gasteiger partial charge in [0.1, 0.15) is 0 Å². The molecule has 7 heteroatoms. The Morgan fingerprint density at radius 1 is 1.17 bits per heavy atom. The van der Waals surface area contributed by atoms with Crippen LogP contribution in [0.25, 0.3) is 10.9 Å². The molecule has 0 bridgehead atoms. The van der Waals surface area contributed by atoms with Gasteiger partial charge in [0, 0.05) is 50.2 Å². The van der Waals surface area contributed by atoms with Crippen LogP contribution in [0.5, 0.6) is 0 Å². The van der Waals surface area contributed by atoms with Crippen LogP contribution in [0.1, 0.15) is 44.1 Å². The van der Waals surface area contributed by atoms with E-state index < -0.39 is 0 Å². The summed E-state index contributed by atoms with van der Waals surface area (Å²) in [5, 5.41) is 8.05. The Hall–Kier alpha value is -1.90. The van der Waals surface area contributed by atoms with Crippen molar-refractivity contribution in [1.82, 2.24) is 20.5 Å². The van der Waals surface area contributed by atoms with Crippen molar-refractivity contribution >= 4 is 46.7 Å². The molecule has 1 aromatic heterocycles. The van der Waals surface area contributed by atoms with Crippen LogP contribution in [-0.4, -0.2) is 47.9 Å². The summed E-state index contributed by atoms with van der Waals surface area (Å²) in [6.45, 7) is 2.27. The quantitative estimate of drug-likeness (QED) is 0.366. The maximum Gasteiger partial charge on any atom is 0.225 e. The van der Waals surface area contributed by atoms with Gasteiger partial charge in [-0.05, 0) is 30.9 Å². The second kappa shape index (κ2) is 10.9. The highest BCUT2D eigenvalue weighted by molar-refractivity contribution is 14.0. The molecule has 30 heavy (non-hydrogen) atoms. The number of nitrogens with one attached hydrogen (secondary N) is 2. The van der Waals surface area contributed by atoms with E-state index in [9.17, 15) is 4.79 Å². The van der Waals surface area contributed by atoms with Crippen molar-refractivity contribution in [2.24, 2.45) is 10.9 Å². The van der Waals surface area contributed by atoms with Crippen LogP contribution in [0.15, 0.2) is 41.5 Å². The van der Waals surface area contributed by atoms with Crippen LogP contribution in [0.3, 0.4) is 0 Å². The fourth-order valence-corrected chi connectivity index (χ4v) is 4.56. The van der Waals surface area contributed by atoms with Gasteiger partial charge in [-0.1, -0.05) is 43.5 Å². The molecule has 2 aromatic rings. The molecule has 1 aliphatic heterocycles. The summed E-state index contributed by atoms with van der Waals surface area (Å²) in [7, 11) is 1.79. The summed E-state index contributed by atoms with van der Waals surface area (Å²) < 4.78 is 0. The van der Waals surface area contributed by atoms with E-state index in [2.05, 4.69) is 49.8 Å². The van der Waals surface area contributed by atoms with Gasteiger partial charge in [-0.15, -0.1) is 24.0 Å². The normalized spacial score (nSPS) is 20.1. The van der Waals surface area contributed by atoms with E-state index in [0.29, 0.717) is 12.5 Å². The molecule has 4 rings (SSSR count). The Kier molecular flexibility index (Phi) is 8.30. The third-order valence-corrected chi connectivity index (χ3v) is 6.18. The molecular weight excluding hydrogens is 489 g/mol. The Balaban J connectivity index is 0.00000256. The predicted molar refractivity (Wildman–Crippen MR) is 132 cm³/mol. The second-order valence-electron chi connectivity index (χ2n) is 8.17. The second-order valence-corrected chi connectivity index (χ2v) is 8.17. The minimum absolute atomic E-state index is 0. The molecular formula is C23H32IN5O. The number of guanidine groups is 1. The number of pyridine rings is 1. The largest absolute Gasteiger partial charge is 0.352 e. The number of halogens is 1. The zero-order chi connectivity index (χ0) is 20.1. The lowest BCUT2D eigenvalue weighted by molar-refractivity contribution is -0.135. The van der Waals surface area contributed by atoms with Crippen molar-refractivity contribution in [1.29, 1.82) is 0 Å². The lowest BCUT2D eigenvalue weighted by Gasteiger charge is -2.26. The van der Waals surface area contributed by atoms with Crippen LogP contribution in [-0.2, 0) is 11.3 Å². The average molecular weight is 521 g/mol. The van der Waals surface area contributed by atoms with Crippen molar-refractivity contribution in [2.75, 3.05) is 20.1 Å². The molecule has 1 unspecified atom stereocenters. The molecule has 6 nitrogen and oxygen atoms in total. The molecule has 1 atom stereocenters. The zero-order valence-corrected chi connectivity index (χ0v) is 20.0. The van der Waals surface area contributed by atoms with Gasteiger partial charge in [0.15, 0.2) is 5.96 Å². The van der Waals surface area contributed by atoms with Crippen molar-refractivity contribution < 1.29 is 4.79 Å². The first-order chi connectivity index (χ1) is 14.2. The zero-order valence-electron chi connectivity index (χ0n) is 17.6. The number of amides is 1. The standard InChI is InChI=1S/C23H31N5O.HI/c1-24-23(26-15-19-10-5-9-17-11-6-13-25-21(17)19)27-20-12-14-28(16-20)22(29)18-7-3-2-4-8-18;/h5-6,9-11,13,18,20H,2-4,7-8,12,14-16H2,1H3,(H2,24,26,27);1H. The summed E-state index contributed by atoms with van der Waals surface area (Å²) >= 11 is 0. The van der Waals surface area contributed by atoms with Gasteiger partial charge >= 0.3 is 0 Å². The summed E-state index contributed by atoms with van der Waals surface area (Å²) in [5.74, 6) is 1.38. The number of carbonyl (C=O) groups is 1. The molecule has 2 fully saturated rings. The van der Waals surface area contributed by atoms with Gasteiger partial charge in [0.25, 0.3) is 0 Å². The van der Waals surface area contributed by atoms with Gasteiger partial charge < -0.3 is 15.5 Å². The Bertz CT molecular complexity index is 876. The minimum atomic E-state index is 0. The maximum absolute atomic E-state index is 12.8. The fourth-order valence-electron chi connectivity index (χ4n) is 4.56. The summed E-state index contributed by atoms with van der Waals surface area (Å²) in [4.78, 5) is 23.7. The number of benzene rings is 1. The van der Waals surface area contributed by atoms with E-state index >= 15 is 0 Å². The van der Waals surface area contributed by atoms with Gasteiger partial charge in [-0.25, -0.2) is 0 Å². The molecule has 2 N–H and O–H groups in total. The molecule has 0 spiro atoms. The Morgan fingerprint density at radius 2 is 1.97 bits per heavy atom. The van der Waals surface area contributed by atoms with Gasteiger partial charge in [0.2, 0.25) is 5.91 Å². The molecule has 2 aliphatic rings. The molecule has 1 aromatic carbocycles. The molecule has 1 saturated heterocycles. The molecule has 2 heterocycles. The van der Waals surface area contributed by atoms with E-state index in [4.69, 9.17) is 0 Å². The van der Waals surface area contributed by atoms with Gasteiger partial charge in [-0.2, -0.15) is 0 Å². The summed E-state index contributed by atoms with van der Waals surface area (Å²) in [6, 6.07) is 10.5. The number of rotatable bonds is 4. The van der Waals surface area contributed by atoms with Crippen molar-refractivity contribution in [3.05, 3.63) is 42.1 Å². The van der Waals surface area contributed by atoms with Crippen LogP contribution in [0.2, 0.25) is 0 Å². The number of carbonyl (C=O) groups excluding carboxylic acids is 1. The number of likely N-dealkylation sites (tertiary alicyclic amines) is 1. The first-order valence-electron chi connectivity index (χ1n) is 10.8. The summed E-state index contributed by atoms with van der Waals surface area (Å²) in [6.07, 6.45) is 8.61. The first-order valence-corrected chi connectivity index (χ1v) is 10.8. The van der Waals surface area contributed by atoms with E-state index in [1.165, 1.54) is 19.3 Å². The highest BCUT2D eigenvalue weighted by Crippen LogP contribution is 2.26. The highest BCUT2D eigenvalue weighted by Gasteiger charge is 2.31. The number of fused-ring (bicyclic) bond motifs is 1. The van der Waals surface area contributed by atoms with Crippen molar-refractivity contribution in [2.45, 2.75) is 51.1 Å². The molecule has 1 amide bonds. The molecule has 1 saturated carbocycles. The van der Waals surface area contributed by atoms with Crippen LogP contribution < -0.4 is 10.6 Å². The van der Waals surface area contributed by atoms with E-state index in [0.717, 1.165) is 54.8 Å². The van der Waals surface area contributed by atoms with Gasteiger partial charge in [0.05, 0.1) is 5.52 Å². The fraction of sp³-hybridized carbons (Fsp3) is 0.522. The number of hydrogen-bond acceptors (Lipinski definition) is 3. The summed E-state index contributed by atoms with van der Waals surface area (Å²) in [5.41, 5.74) is 2.16. The average Bonchev–Trinajstić information content (AvgIpc) is 3.25. The number of para-hydroxylation sites is 1. The predicted octanol–water partition coefficient (Wildman–Crippen LogP) is 3.70. The molecule has 162 valence electrons. The van der Waals surface area contributed by atoms with Crippen molar-refractivity contribution in [3.63, 3.8) is 0 Å². The lowest BCUT2D eigenvalue weighted by atomic mass is 9.88. The first kappa shape index (κ1) is 22.8. The number of hydrogen-bond donors (Lipinski definition) is 2. The third-order valence-electron chi connectivity index (χ3n) is 6.18. The number of aliphatic imine (C=N–C) groups is 1. The lowest BCUT2D eigenvalue weighted by Crippen LogP contribution is -2.45. The van der Waals surface area contributed by atoms with Crippen molar-refractivity contribution in [3.8, 4) is 0 Å². The minimum Gasteiger partial charge on any atom is -0.352 e. The molecule has 1 aliphatic carbocycles. The Morgan fingerprint density at radius 3 is 2.77 bits per heavy atom.